The van der Waals surface area contributed by atoms with E-state index in [9.17, 15) is 15.3 Å². The van der Waals surface area contributed by atoms with Gasteiger partial charge in [0.1, 0.15) is 28.4 Å². The summed E-state index contributed by atoms with van der Waals surface area (Å²) >= 11 is 1.55. The number of para-hydroxylation sites is 1. The molecule has 0 radical (unpaired) electrons. The van der Waals surface area contributed by atoms with Crippen molar-refractivity contribution in [1.29, 1.82) is 0 Å². The molecule has 4 atom stereocenters. The molecule has 35 heavy (non-hydrogen) atoms. The maximum atomic E-state index is 10.6. The van der Waals surface area contributed by atoms with E-state index >= 15 is 0 Å². The van der Waals surface area contributed by atoms with E-state index in [-0.39, 0.29) is 6.61 Å². The second kappa shape index (κ2) is 9.84. The smallest absolute Gasteiger partial charge is 0.332 e. The minimum atomic E-state index is -1.03. The number of thiazole rings is 1. The molecule has 2 aromatic carbocycles. The van der Waals surface area contributed by atoms with Crippen molar-refractivity contribution in [2.75, 3.05) is 19.0 Å². The van der Waals surface area contributed by atoms with Gasteiger partial charge in [0.25, 0.3) is 0 Å². The molecule has 6 N–H and O–H groups in total. The van der Waals surface area contributed by atoms with Crippen molar-refractivity contribution in [2.45, 2.75) is 31.6 Å². The first-order chi connectivity index (χ1) is 17.0. The van der Waals surface area contributed by atoms with Crippen LogP contribution >= 0.6 is 11.3 Å². The SMILES string of the molecule is COc1cccc([NH2+]c2nc(C)c(-c3nc4ccccc4s3)c(N[C@@H]3C[C@H](CO)[C@@H](O)[C@H]3O)n2)c1. The highest BCUT2D eigenvalue weighted by Gasteiger charge is 2.41. The van der Waals surface area contributed by atoms with Crippen LogP contribution in [0, 0.1) is 12.8 Å². The molecule has 9 nitrogen and oxygen atoms in total. The van der Waals surface area contributed by atoms with Crippen LogP contribution in [0.4, 0.5) is 17.5 Å². The van der Waals surface area contributed by atoms with E-state index in [0.29, 0.717) is 18.2 Å². The highest BCUT2D eigenvalue weighted by molar-refractivity contribution is 7.21. The molecule has 182 valence electrons. The molecule has 2 aromatic heterocycles. The van der Waals surface area contributed by atoms with Crippen LogP contribution in [0.1, 0.15) is 12.1 Å². The number of aromatic nitrogens is 3. The van der Waals surface area contributed by atoms with E-state index in [4.69, 9.17) is 19.7 Å². The Morgan fingerprint density at radius 1 is 1.09 bits per heavy atom. The van der Waals surface area contributed by atoms with Crippen LogP contribution in [-0.4, -0.2) is 62.2 Å². The summed E-state index contributed by atoms with van der Waals surface area (Å²) in [7, 11) is 1.62. The molecular formula is C25H28N5O4S+. The molecule has 0 bridgehead atoms. The first kappa shape index (κ1) is 23.6. The number of quaternary nitrogens is 1. The van der Waals surface area contributed by atoms with Gasteiger partial charge in [-0.05, 0) is 37.6 Å². The number of aryl methyl sites for hydroxylation is 1. The van der Waals surface area contributed by atoms with Gasteiger partial charge in [-0.3, -0.25) is 0 Å². The van der Waals surface area contributed by atoms with Crippen molar-refractivity contribution >= 4 is 39.0 Å². The summed E-state index contributed by atoms with van der Waals surface area (Å²) in [5.74, 6) is 1.35. The Morgan fingerprint density at radius 2 is 1.91 bits per heavy atom. The fourth-order valence-electron chi connectivity index (χ4n) is 4.50. The van der Waals surface area contributed by atoms with Gasteiger partial charge in [0.05, 0.1) is 40.7 Å². The zero-order chi connectivity index (χ0) is 24.5. The number of rotatable bonds is 7. The van der Waals surface area contributed by atoms with Crippen LogP contribution in [-0.2, 0) is 0 Å². The Balaban J connectivity index is 1.56. The first-order valence-corrected chi connectivity index (χ1v) is 12.3. The summed E-state index contributed by atoms with van der Waals surface area (Å²) < 4.78 is 6.38. The average molecular weight is 495 g/mol. The quantitative estimate of drug-likeness (QED) is 0.246. The van der Waals surface area contributed by atoms with Crippen molar-refractivity contribution in [1.82, 2.24) is 15.0 Å². The van der Waals surface area contributed by atoms with Crippen LogP contribution < -0.4 is 15.4 Å². The van der Waals surface area contributed by atoms with Gasteiger partial charge in [-0.15, -0.1) is 11.3 Å². The minimum absolute atomic E-state index is 0.196. The molecule has 0 unspecified atom stereocenters. The number of hydrogen-bond donors (Lipinski definition) is 5. The summed E-state index contributed by atoms with van der Waals surface area (Å²) in [6.07, 6.45) is -1.62. The molecule has 5 rings (SSSR count). The second-order valence-corrected chi connectivity index (χ2v) is 9.74. The molecule has 1 aliphatic carbocycles. The number of aliphatic hydroxyl groups excluding tert-OH is 3. The van der Waals surface area contributed by atoms with Gasteiger partial charge < -0.3 is 25.4 Å². The van der Waals surface area contributed by atoms with Crippen molar-refractivity contribution in [3.8, 4) is 16.3 Å². The third-order valence-electron chi connectivity index (χ3n) is 6.36. The van der Waals surface area contributed by atoms with Crippen LogP contribution in [0.15, 0.2) is 48.5 Å². The zero-order valence-corrected chi connectivity index (χ0v) is 20.2. The van der Waals surface area contributed by atoms with E-state index in [1.54, 1.807) is 18.4 Å². The minimum Gasteiger partial charge on any atom is -0.497 e. The van der Waals surface area contributed by atoms with Crippen LogP contribution in [0.2, 0.25) is 0 Å². The average Bonchev–Trinajstić information content (AvgIpc) is 3.40. The number of fused-ring (bicyclic) bond motifs is 1. The molecule has 1 saturated carbocycles. The standard InChI is InChI=1S/C25H27N5O4S/c1-13-20(24-29-17-8-3-4-9-19(17)35-24)23(28-18-10-14(12-31)21(32)22(18)33)30-25(26-13)27-15-6-5-7-16(11-15)34-2/h3-9,11,14,18,21-22,31-33H,10,12H2,1-2H3,(H2,26,27,28,30)/p+1/t14-,18-,21-,22+/m1/s1. The van der Waals surface area contributed by atoms with E-state index in [1.165, 1.54) is 0 Å². The third kappa shape index (κ3) is 4.71. The Morgan fingerprint density at radius 3 is 2.66 bits per heavy atom. The fraction of sp³-hybridized carbons (Fsp3) is 0.320. The second-order valence-electron chi connectivity index (χ2n) is 8.71. The van der Waals surface area contributed by atoms with Crippen molar-refractivity contribution < 1.29 is 25.4 Å². The van der Waals surface area contributed by atoms with Crippen LogP contribution in [0.5, 0.6) is 5.75 Å². The lowest BCUT2D eigenvalue weighted by Crippen LogP contribution is -2.72. The number of nitrogens with zero attached hydrogens (tertiary/aromatic N) is 3. The molecule has 4 aromatic rings. The van der Waals surface area contributed by atoms with Crippen molar-refractivity contribution in [3.05, 3.63) is 54.2 Å². The molecule has 0 spiro atoms. The van der Waals surface area contributed by atoms with Gasteiger partial charge in [0.15, 0.2) is 0 Å². The molecule has 2 heterocycles. The molecule has 1 aliphatic rings. The van der Waals surface area contributed by atoms with Gasteiger partial charge >= 0.3 is 5.95 Å². The normalized spacial score (nSPS) is 22.0. The van der Waals surface area contributed by atoms with Crippen molar-refractivity contribution in [3.63, 3.8) is 0 Å². The first-order valence-electron chi connectivity index (χ1n) is 11.4. The van der Waals surface area contributed by atoms with Gasteiger partial charge in [-0.25, -0.2) is 10.3 Å². The topological polar surface area (TPSA) is 137 Å². The number of ether oxygens (including phenoxy) is 1. The fourth-order valence-corrected chi connectivity index (χ4v) is 5.57. The lowest BCUT2D eigenvalue weighted by atomic mass is 10.1. The zero-order valence-electron chi connectivity index (χ0n) is 19.4. The van der Waals surface area contributed by atoms with Crippen LogP contribution in [0.25, 0.3) is 20.8 Å². The molecule has 0 amide bonds. The number of benzene rings is 2. The van der Waals surface area contributed by atoms with Crippen molar-refractivity contribution in [2.24, 2.45) is 5.92 Å². The highest BCUT2D eigenvalue weighted by atomic mass is 32.1. The summed E-state index contributed by atoms with van der Waals surface area (Å²) in [5, 5.41) is 36.5. The maximum Gasteiger partial charge on any atom is 0.332 e. The molecule has 0 saturated heterocycles. The molecule has 1 fully saturated rings. The number of nitrogens with two attached hydrogens (primary N) is 1. The number of hydrogen-bond acceptors (Lipinski definition) is 9. The monoisotopic (exact) mass is 494 g/mol. The molecular weight excluding hydrogens is 466 g/mol. The van der Waals surface area contributed by atoms with E-state index < -0.39 is 24.2 Å². The summed E-state index contributed by atoms with van der Waals surface area (Å²) in [6.45, 7) is 1.71. The van der Waals surface area contributed by atoms with Gasteiger partial charge in [-0.1, -0.05) is 18.2 Å². The Hall–Kier alpha value is -3.15. The van der Waals surface area contributed by atoms with Gasteiger partial charge in [-0.2, -0.15) is 9.97 Å². The van der Waals surface area contributed by atoms with E-state index in [1.807, 2.05) is 60.8 Å². The predicted octanol–water partition coefficient (Wildman–Crippen LogP) is 2.11. The molecule has 0 aliphatic heterocycles. The van der Waals surface area contributed by atoms with Gasteiger partial charge in [0, 0.05) is 18.6 Å². The van der Waals surface area contributed by atoms with E-state index in [0.717, 1.165) is 37.9 Å². The largest absolute Gasteiger partial charge is 0.497 e. The van der Waals surface area contributed by atoms with Gasteiger partial charge in [0.2, 0.25) is 0 Å². The Kier molecular flexibility index (Phi) is 6.63. The predicted molar refractivity (Wildman–Crippen MR) is 134 cm³/mol. The maximum absolute atomic E-state index is 10.6. The summed E-state index contributed by atoms with van der Waals surface area (Å²) in [6, 6.07) is 15.0. The summed E-state index contributed by atoms with van der Waals surface area (Å²) in [4.78, 5) is 14.3. The summed E-state index contributed by atoms with van der Waals surface area (Å²) in [5.41, 5.74) is 3.27. The number of aliphatic hydroxyl groups is 3. The highest BCUT2D eigenvalue weighted by Crippen LogP contribution is 2.37. The lowest BCUT2D eigenvalue weighted by Gasteiger charge is -2.20. The number of anilines is 1. The van der Waals surface area contributed by atoms with Crippen LogP contribution in [0.3, 0.4) is 0 Å². The number of nitrogens with one attached hydrogen (secondary N) is 1. The Labute approximate surface area is 206 Å². The number of methoxy groups -OCH3 is 1. The molecule has 10 heteroatoms. The third-order valence-corrected chi connectivity index (χ3v) is 7.42. The Bertz CT molecular complexity index is 1310. The lowest BCUT2D eigenvalue weighted by molar-refractivity contribution is -0.487. The van der Waals surface area contributed by atoms with E-state index in [2.05, 4.69) is 5.32 Å².